The maximum absolute atomic E-state index is 12.5. The van der Waals surface area contributed by atoms with Gasteiger partial charge in [0.15, 0.2) is 11.9 Å². The summed E-state index contributed by atoms with van der Waals surface area (Å²) >= 11 is 0. The minimum Gasteiger partial charge on any atom is -0.497 e. The van der Waals surface area contributed by atoms with E-state index in [1.807, 2.05) is 36.4 Å². The lowest BCUT2D eigenvalue weighted by Gasteiger charge is -2.13. The predicted molar refractivity (Wildman–Crippen MR) is 82.8 cm³/mol. The molecule has 0 saturated carbocycles. The Hall–Kier alpha value is -2.49. The number of rotatable bonds is 5. The van der Waals surface area contributed by atoms with Crippen molar-refractivity contribution < 1.29 is 19.0 Å². The van der Waals surface area contributed by atoms with Crippen LogP contribution in [0.25, 0.3) is 0 Å². The van der Waals surface area contributed by atoms with Gasteiger partial charge in [-0.1, -0.05) is 24.3 Å². The molecule has 0 fully saturated rings. The fourth-order valence-electron chi connectivity index (χ4n) is 2.66. The number of hydrogen-bond acceptors (Lipinski definition) is 4. The Bertz CT molecular complexity index is 668. The van der Waals surface area contributed by atoms with Crippen molar-refractivity contribution in [1.82, 2.24) is 0 Å². The molecule has 1 unspecified atom stereocenters. The van der Waals surface area contributed by atoms with Gasteiger partial charge < -0.3 is 14.2 Å². The van der Waals surface area contributed by atoms with Gasteiger partial charge >= 0.3 is 0 Å². The second-order valence-electron chi connectivity index (χ2n) is 5.24. The fraction of sp³-hybridized carbons (Fsp3) is 0.278. The number of fused-ring (bicyclic) bond motifs is 1. The zero-order valence-electron chi connectivity index (χ0n) is 12.7. The molecule has 0 saturated heterocycles. The minimum atomic E-state index is -0.413. The van der Waals surface area contributed by atoms with E-state index >= 15 is 0 Å². The summed E-state index contributed by atoms with van der Waals surface area (Å²) in [5, 5.41) is 0. The first kappa shape index (κ1) is 14.4. The average molecular weight is 298 g/mol. The van der Waals surface area contributed by atoms with E-state index < -0.39 is 6.10 Å². The van der Waals surface area contributed by atoms with Crippen LogP contribution in [0.1, 0.15) is 11.1 Å². The molecule has 1 aliphatic rings. The number of carbonyl (C=O) groups excluding carboxylic acids is 1. The van der Waals surface area contributed by atoms with Crippen LogP contribution in [0.3, 0.4) is 0 Å². The number of hydrogen-bond donors (Lipinski definition) is 0. The first-order chi connectivity index (χ1) is 10.7. The smallest absolute Gasteiger partial charge is 0.178 e. The summed E-state index contributed by atoms with van der Waals surface area (Å²) < 4.78 is 16.3. The summed E-state index contributed by atoms with van der Waals surface area (Å²) in [6.07, 6.45) is 0.503. The maximum Gasteiger partial charge on any atom is 0.178 e. The highest BCUT2D eigenvalue weighted by Crippen LogP contribution is 2.30. The molecule has 0 N–H and O–H groups in total. The number of para-hydroxylation sites is 1. The topological polar surface area (TPSA) is 44.8 Å². The van der Waals surface area contributed by atoms with Crippen molar-refractivity contribution in [2.75, 3.05) is 14.2 Å². The van der Waals surface area contributed by atoms with Crippen molar-refractivity contribution in [3.63, 3.8) is 0 Å². The molecule has 114 valence electrons. The summed E-state index contributed by atoms with van der Waals surface area (Å²) in [4.78, 5) is 12.5. The van der Waals surface area contributed by atoms with Crippen LogP contribution >= 0.6 is 0 Å². The van der Waals surface area contributed by atoms with Crippen LogP contribution in [0.5, 0.6) is 17.2 Å². The summed E-state index contributed by atoms with van der Waals surface area (Å²) in [7, 11) is 3.19. The molecule has 1 heterocycles. The summed E-state index contributed by atoms with van der Waals surface area (Å²) in [5.74, 6) is 2.22. The Kier molecular flexibility index (Phi) is 4.00. The van der Waals surface area contributed by atoms with Gasteiger partial charge in [-0.3, -0.25) is 4.79 Å². The maximum atomic E-state index is 12.5. The van der Waals surface area contributed by atoms with E-state index in [1.54, 1.807) is 20.3 Å². The van der Waals surface area contributed by atoms with Crippen molar-refractivity contribution in [3.05, 3.63) is 53.6 Å². The van der Waals surface area contributed by atoms with Gasteiger partial charge in [0, 0.05) is 24.5 Å². The Balaban J connectivity index is 1.73. The number of methoxy groups -OCH3 is 2. The monoisotopic (exact) mass is 298 g/mol. The Morgan fingerprint density at radius 1 is 1.18 bits per heavy atom. The average Bonchev–Trinajstić information content (AvgIpc) is 2.99. The molecule has 2 aromatic rings. The molecular formula is C18H18O4. The second-order valence-corrected chi connectivity index (χ2v) is 5.24. The minimum absolute atomic E-state index is 0.0552. The fourth-order valence-corrected chi connectivity index (χ4v) is 2.66. The molecular weight excluding hydrogens is 280 g/mol. The highest BCUT2D eigenvalue weighted by molar-refractivity contribution is 5.87. The summed E-state index contributed by atoms with van der Waals surface area (Å²) in [6.45, 7) is 0. The van der Waals surface area contributed by atoms with E-state index in [-0.39, 0.29) is 12.2 Å². The molecule has 4 heteroatoms. The van der Waals surface area contributed by atoms with Gasteiger partial charge in [0.05, 0.1) is 14.2 Å². The molecule has 22 heavy (non-hydrogen) atoms. The van der Waals surface area contributed by atoms with Crippen LogP contribution in [-0.4, -0.2) is 26.1 Å². The molecule has 0 aromatic heterocycles. The van der Waals surface area contributed by atoms with Crippen molar-refractivity contribution in [1.29, 1.82) is 0 Å². The zero-order chi connectivity index (χ0) is 15.5. The van der Waals surface area contributed by atoms with E-state index in [2.05, 4.69) is 0 Å². The molecule has 3 rings (SSSR count). The van der Waals surface area contributed by atoms with Gasteiger partial charge in [0.2, 0.25) is 0 Å². The third-order valence-electron chi connectivity index (χ3n) is 3.87. The van der Waals surface area contributed by atoms with Crippen LogP contribution < -0.4 is 14.2 Å². The van der Waals surface area contributed by atoms with Gasteiger partial charge in [-0.15, -0.1) is 0 Å². The van der Waals surface area contributed by atoms with E-state index in [1.165, 1.54) is 0 Å². The van der Waals surface area contributed by atoms with Crippen molar-refractivity contribution in [3.8, 4) is 17.2 Å². The molecule has 1 aliphatic heterocycles. The number of Topliss-reactive ketones (excluding diaryl/α,β-unsaturated/α-hetero) is 1. The van der Waals surface area contributed by atoms with Crippen LogP contribution in [0.2, 0.25) is 0 Å². The summed E-state index contributed by atoms with van der Waals surface area (Å²) in [6, 6.07) is 13.2. The first-order valence-electron chi connectivity index (χ1n) is 7.19. The van der Waals surface area contributed by atoms with Gasteiger partial charge in [0.25, 0.3) is 0 Å². The van der Waals surface area contributed by atoms with E-state index in [0.29, 0.717) is 17.9 Å². The predicted octanol–water partition coefficient (Wildman–Crippen LogP) is 2.82. The molecule has 1 atom stereocenters. The lowest BCUT2D eigenvalue weighted by atomic mass is 10.0. The lowest BCUT2D eigenvalue weighted by Crippen LogP contribution is -2.27. The van der Waals surface area contributed by atoms with Gasteiger partial charge in [0.1, 0.15) is 17.2 Å². The highest BCUT2D eigenvalue weighted by atomic mass is 16.5. The first-order valence-corrected chi connectivity index (χ1v) is 7.19. The summed E-state index contributed by atoms with van der Waals surface area (Å²) in [5.41, 5.74) is 1.93. The number of benzene rings is 2. The van der Waals surface area contributed by atoms with Crippen LogP contribution in [0, 0.1) is 0 Å². The zero-order valence-corrected chi connectivity index (χ0v) is 12.7. The van der Waals surface area contributed by atoms with E-state index in [4.69, 9.17) is 14.2 Å². The standard InChI is InChI=1S/C18H18O4/c1-20-14-8-7-13(17(11-14)21-2)9-15(19)18-10-12-5-3-4-6-16(12)22-18/h3-8,11,18H,9-10H2,1-2H3. The third-order valence-corrected chi connectivity index (χ3v) is 3.87. The Morgan fingerprint density at radius 3 is 2.73 bits per heavy atom. The largest absolute Gasteiger partial charge is 0.497 e. The number of ketones is 1. The van der Waals surface area contributed by atoms with Gasteiger partial charge in [-0.2, -0.15) is 0 Å². The van der Waals surface area contributed by atoms with Crippen molar-refractivity contribution >= 4 is 5.78 Å². The second kappa shape index (κ2) is 6.10. The normalized spacial score (nSPS) is 15.8. The van der Waals surface area contributed by atoms with Crippen molar-refractivity contribution in [2.24, 2.45) is 0 Å². The lowest BCUT2D eigenvalue weighted by molar-refractivity contribution is -0.124. The number of ether oxygens (including phenoxy) is 3. The molecule has 0 radical (unpaired) electrons. The molecule has 2 aromatic carbocycles. The van der Waals surface area contributed by atoms with E-state index in [0.717, 1.165) is 16.9 Å². The van der Waals surface area contributed by atoms with Crippen LogP contribution in [-0.2, 0) is 17.6 Å². The van der Waals surface area contributed by atoms with Gasteiger partial charge in [-0.05, 0) is 17.7 Å². The van der Waals surface area contributed by atoms with Crippen LogP contribution in [0.15, 0.2) is 42.5 Å². The molecule has 0 amide bonds. The van der Waals surface area contributed by atoms with E-state index in [9.17, 15) is 4.79 Å². The SMILES string of the molecule is COc1ccc(CC(=O)C2Cc3ccccc3O2)c(OC)c1. The Labute approximate surface area is 129 Å². The number of carbonyl (C=O) groups is 1. The van der Waals surface area contributed by atoms with Crippen LogP contribution in [0.4, 0.5) is 0 Å². The van der Waals surface area contributed by atoms with Gasteiger partial charge in [-0.25, -0.2) is 0 Å². The molecule has 0 spiro atoms. The highest BCUT2D eigenvalue weighted by Gasteiger charge is 2.29. The molecule has 0 aliphatic carbocycles. The Morgan fingerprint density at radius 2 is 2.00 bits per heavy atom. The molecule has 0 bridgehead atoms. The third kappa shape index (κ3) is 2.77. The quantitative estimate of drug-likeness (QED) is 0.851. The molecule has 4 nitrogen and oxygen atoms in total. The van der Waals surface area contributed by atoms with Crippen molar-refractivity contribution in [2.45, 2.75) is 18.9 Å².